The van der Waals surface area contributed by atoms with E-state index in [9.17, 15) is 14.7 Å². The van der Waals surface area contributed by atoms with Crippen LogP contribution in [0.3, 0.4) is 0 Å². The first-order valence-electron chi connectivity index (χ1n) is 14.0. The predicted octanol–water partition coefficient (Wildman–Crippen LogP) is 6.78. The van der Waals surface area contributed by atoms with E-state index in [-0.39, 0.29) is 11.5 Å². The molecule has 41 heavy (non-hydrogen) atoms. The van der Waals surface area contributed by atoms with Crippen LogP contribution in [0.15, 0.2) is 84.9 Å². The van der Waals surface area contributed by atoms with Crippen molar-refractivity contribution < 1.29 is 19.4 Å². The van der Waals surface area contributed by atoms with E-state index < -0.39 is 11.9 Å². The van der Waals surface area contributed by atoms with Gasteiger partial charge in [-0.3, -0.25) is 4.79 Å². The number of anilines is 2. The summed E-state index contributed by atoms with van der Waals surface area (Å²) in [5.41, 5.74) is 9.91. The number of ether oxygens (including phenoxy) is 1. The number of hydrogen-bond donors (Lipinski definition) is 2. The molecule has 2 N–H and O–H groups in total. The molecule has 1 heterocycles. The minimum atomic E-state index is -0.969. The number of rotatable bonds is 8. The molecule has 1 atom stereocenters. The SMILES string of the molecule is Cc1cc(C)c(-c2ccc(NC(=O)[C@H](Cc3ccc(C(=O)O)cc3)c3ccc(N4CCOCC4)cc3)cc2)c(C)c1. The molecule has 0 aromatic heterocycles. The second-order valence-electron chi connectivity index (χ2n) is 10.8. The lowest BCUT2D eigenvalue weighted by molar-refractivity contribution is -0.117. The summed E-state index contributed by atoms with van der Waals surface area (Å²) in [6.07, 6.45) is 0.447. The van der Waals surface area contributed by atoms with Crippen LogP contribution in [-0.2, 0) is 16.0 Å². The highest BCUT2D eigenvalue weighted by Gasteiger charge is 2.23. The standard InChI is InChI=1S/C35H36N2O4/c1-23-20-24(2)33(25(3)21-23)28-8-12-30(13-9-28)36-34(38)32(22-26-4-6-29(7-5-26)35(39)40)27-10-14-31(15-11-27)37-16-18-41-19-17-37/h4-15,20-21,32H,16-19,22H2,1-3H3,(H,36,38)(H,39,40)/t32-/m1/s1. The van der Waals surface area contributed by atoms with Gasteiger partial charge in [-0.15, -0.1) is 0 Å². The minimum Gasteiger partial charge on any atom is -0.478 e. The van der Waals surface area contributed by atoms with Gasteiger partial charge in [0.05, 0.1) is 24.7 Å². The van der Waals surface area contributed by atoms with Crippen molar-refractivity contribution in [1.82, 2.24) is 0 Å². The predicted molar refractivity (Wildman–Crippen MR) is 164 cm³/mol. The van der Waals surface area contributed by atoms with Gasteiger partial charge in [0.25, 0.3) is 0 Å². The molecule has 4 aromatic rings. The number of carboxylic acid groups (broad SMARTS) is 1. The van der Waals surface area contributed by atoms with E-state index in [2.05, 4.69) is 67.4 Å². The molecule has 0 aliphatic carbocycles. The normalized spacial score (nSPS) is 14.0. The number of aromatic carboxylic acids is 1. The lowest BCUT2D eigenvalue weighted by Crippen LogP contribution is -2.36. The molecule has 1 aliphatic rings. The van der Waals surface area contributed by atoms with Crippen LogP contribution >= 0.6 is 0 Å². The molecule has 1 fully saturated rings. The van der Waals surface area contributed by atoms with Crippen molar-refractivity contribution in [2.45, 2.75) is 33.1 Å². The Morgan fingerprint density at radius 1 is 0.854 bits per heavy atom. The smallest absolute Gasteiger partial charge is 0.335 e. The van der Waals surface area contributed by atoms with Gasteiger partial charge in [0.15, 0.2) is 0 Å². The van der Waals surface area contributed by atoms with Gasteiger partial charge >= 0.3 is 5.97 Å². The van der Waals surface area contributed by atoms with E-state index in [4.69, 9.17) is 4.74 Å². The molecule has 0 saturated carbocycles. The lowest BCUT2D eigenvalue weighted by Gasteiger charge is -2.29. The molecule has 0 bridgehead atoms. The van der Waals surface area contributed by atoms with Gasteiger partial charge in [0, 0.05) is 24.5 Å². The van der Waals surface area contributed by atoms with Crippen molar-refractivity contribution in [3.63, 3.8) is 0 Å². The highest BCUT2D eigenvalue weighted by Crippen LogP contribution is 2.30. The van der Waals surface area contributed by atoms with Crippen LogP contribution in [0, 0.1) is 20.8 Å². The Labute approximate surface area is 241 Å². The summed E-state index contributed by atoms with van der Waals surface area (Å²) in [6.45, 7) is 9.47. The van der Waals surface area contributed by atoms with Crippen LogP contribution in [0.4, 0.5) is 11.4 Å². The van der Waals surface area contributed by atoms with E-state index in [0.717, 1.165) is 41.2 Å². The third-order valence-electron chi connectivity index (χ3n) is 7.75. The van der Waals surface area contributed by atoms with Crippen molar-refractivity contribution >= 4 is 23.3 Å². The fourth-order valence-electron chi connectivity index (χ4n) is 5.70. The van der Waals surface area contributed by atoms with Crippen LogP contribution in [0.5, 0.6) is 0 Å². The molecule has 1 aliphatic heterocycles. The zero-order chi connectivity index (χ0) is 28.9. The van der Waals surface area contributed by atoms with Crippen molar-refractivity contribution in [1.29, 1.82) is 0 Å². The average molecular weight is 549 g/mol. The molecule has 210 valence electrons. The quantitative estimate of drug-likeness (QED) is 0.254. The fourth-order valence-corrected chi connectivity index (χ4v) is 5.70. The summed E-state index contributed by atoms with van der Waals surface area (Å²) >= 11 is 0. The second kappa shape index (κ2) is 12.4. The van der Waals surface area contributed by atoms with Crippen LogP contribution in [0.2, 0.25) is 0 Å². The highest BCUT2D eigenvalue weighted by atomic mass is 16.5. The second-order valence-corrected chi connectivity index (χ2v) is 10.8. The number of carboxylic acids is 1. The zero-order valence-electron chi connectivity index (χ0n) is 23.8. The van der Waals surface area contributed by atoms with Gasteiger partial charge in [-0.25, -0.2) is 4.79 Å². The number of aryl methyl sites for hydroxylation is 3. The van der Waals surface area contributed by atoms with Crippen molar-refractivity contribution in [2.75, 3.05) is 36.5 Å². The number of nitrogens with one attached hydrogen (secondary N) is 1. The van der Waals surface area contributed by atoms with E-state index >= 15 is 0 Å². The third kappa shape index (κ3) is 6.67. The first-order valence-corrected chi connectivity index (χ1v) is 14.0. The van der Waals surface area contributed by atoms with Crippen molar-refractivity contribution in [3.8, 4) is 11.1 Å². The summed E-state index contributed by atoms with van der Waals surface area (Å²) in [5, 5.41) is 12.4. The molecule has 4 aromatic carbocycles. The molecule has 5 rings (SSSR count). The van der Waals surface area contributed by atoms with Gasteiger partial charge in [-0.1, -0.05) is 54.1 Å². The molecule has 1 saturated heterocycles. The Balaban J connectivity index is 1.38. The number of carbonyl (C=O) groups excluding carboxylic acids is 1. The van der Waals surface area contributed by atoms with E-state index in [1.807, 2.05) is 24.3 Å². The molecule has 6 nitrogen and oxygen atoms in total. The van der Waals surface area contributed by atoms with Crippen LogP contribution in [0.25, 0.3) is 11.1 Å². The number of amides is 1. The largest absolute Gasteiger partial charge is 0.478 e. The Bertz CT molecular complexity index is 1500. The zero-order valence-corrected chi connectivity index (χ0v) is 23.8. The van der Waals surface area contributed by atoms with Crippen molar-refractivity contribution in [3.05, 3.63) is 118 Å². The first-order chi connectivity index (χ1) is 19.8. The number of nitrogens with zero attached hydrogens (tertiary/aromatic N) is 1. The van der Waals surface area contributed by atoms with Gasteiger partial charge in [-0.05, 0) is 97.0 Å². The lowest BCUT2D eigenvalue weighted by atomic mass is 9.90. The van der Waals surface area contributed by atoms with E-state index in [1.165, 1.54) is 22.3 Å². The molecule has 6 heteroatoms. The van der Waals surface area contributed by atoms with Crippen LogP contribution in [-0.4, -0.2) is 43.3 Å². The van der Waals surface area contributed by atoms with E-state index in [1.54, 1.807) is 24.3 Å². The molecule has 0 radical (unpaired) electrons. The summed E-state index contributed by atoms with van der Waals surface area (Å²) in [7, 11) is 0. The first kappa shape index (κ1) is 28.1. The van der Waals surface area contributed by atoms with Crippen molar-refractivity contribution in [2.24, 2.45) is 0 Å². The van der Waals surface area contributed by atoms with Crippen LogP contribution < -0.4 is 10.2 Å². The molecular formula is C35H36N2O4. The minimum absolute atomic E-state index is 0.109. The van der Waals surface area contributed by atoms with Gasteiger partial charge < -0.3 is 20.1 Å². The van der Waals surface area contributed by atoms with Gasteiger partial charge in [-0.2, -0.15) is 0 Å². The Morgan fingerprint density at radius 3 is 2.05 bits per heavy atom. The average Bonchev–Trinajstić information content (AvgIpc) is 2.97. The number of benzene rings is 4. The molecule has 0 unspecified atom stereocenters. The number of hydrogen-bond acceptors (Lipinski definition) is 4. The maximum Gasteiger partial charge on any atom is 0.335 e. The highest BCUT2D eigenvalue weighted by molar-refractivity contribution is 5.96. The Morgan fingerprint density at radius 2 is 1.46 bits per heavy atom. The maximum absolute atomic E-state index is 13.7. The number of carbonyl (C=O) groups is 2. The van der Waals surface area contributed by atoms with Gasteiger partial charge in [0.2, 0.25) is 5.91 Å². The fraction of sp³-hybridized carbons (Fsp3) is 0.257. The molecule has 1 amide bonds. The topological polar surface area (TPSA) is 78.9 Å². The molecule has 0 spiro atoms. The summed E-state index contributed by atoms with van der Waals surface area (Å²) < 4.78 is 5.48. The number of morpholine rings is 1. The Kier molecular flexibility index (Phi) is 8.50. The maximum atomic E-state index is 13.7. The monoisotopic (exact) mass is 548 g/mol. The van der Waals surface area contributed by atoms with Crippen LogP contribution in [0.1, 0.15) is 44.1 Å². The molecular weight excluding hydrogens is 512 g/mol. The summed E-state index contributed by atoms with van der Waals surface area (Å²) in [6, 6.07) is 27.3. The van der Waals surface area contributed by atoms with E-state index in [0.29, 0.717) is 19.6 Å². The Hall–Kier alpha value is -4.42. The van der Waals surface area contributed by atoms with Gasteiger partial charge in [0.1, 0.15) is 0 Å². The summed E-state index contributed by atoms with van der Waals surface area (Å²) in [5.74, 6) is -1.53. The third-order valence-corrected chi connectivity index (χ3v) is 7.75. The summed E-state index contributed by atoms with van der Waals surface area (Å²) in [4.78, 5) is 27.4.